The van der Waals surface area contributed by atoms with E-state index in [0.29, 0.717) is 12.5 Å². The van der Waals surface area contributed by atoms with Crippen LogP contribution in [0.4, 0.5) is 0 Å². The number of hydrogen-bond donors (Lipinski definition) is 1. The van der Waals surface area contributed by atoms with Crippen LogP contribution < -0.4 is 5.32 Å². The number of rotatable bonds is 1. The standard InChI is InChI=1S/C7H13NO2/c1-5-3-10-4-6(9)7(5)8-2/h5,7-8H,3-4H2,1-2H3. The van der Waals surface area contributed by atoms with E-state index in [9.17, 15) is 4.79 Å². The fourth-order valence-electron chi connectivity index (χ4n) is 1.29. The second-order valence-electron chi connectivity index (χ2n) is 2.73. The molecule has 0 aromatic rings. The molecule has 3 heteroatoms. The molecule has 1 fully saturated rings. The van der Waals surface area contributed by atoms with Gasteiger partial charge in [-0.3, -0.25) is 4.79 Å². The van der Waals surface area contributed by atoms with Crippen LogP contribution in [0.1, 0.15) is 6.92 Å². The van der Waals surface area contributed by atoms with Crippen molar-refractivity contribution in [2.75, 3.05) is 20.3 Å². The minimum Gasteiger partial charge on any atom is -0.373 e. The molecule has 58 valence electrons. The molecule has 0 amide bonds. The van der Waals surface area contributed by atoms with E-state index in [1.54, 1.807) is 0 Å². The van der Waals surface area contributed by atoms with Crippen LogP contribution >= 0.6 is 0 Å². The van der Waals surface area contributed by atoms with Gasteiger partial charge in [0, 0.05) is 5.92 Å². The molecule has 0 saturated carbocycles. The van der Waals surface area contributed by atoms with E-state index in [4.69, 9.17) is 4.74 Å². The summed E-state index contributed by atoms with van der Waals surface area (Å²) in [5.41, 5.74) is 0. The average molecular weight is 143 g/mol. The van der Waals surface area contributed by atoms with Crippen molar-refractivity contribution in [3.05, 3.63) is 0 Å². The summed E-state index contributed by atoms with van der Waals surface area (Å²) in [7, 11) is 1.81. The van der Waals surface area contributed by atoms with E-state index >= 15 is 0 Å². The molecule has 0 radical (unpaired) electrons. The van der Waals surface area contributed by atoms with Crippen LogP contribution in [-0.4, -0.2) is 32.1 Å². The molecule has 0 aromatic heterocycles. The molecule has 1 saturated heterocycles. The second kappa shape index (κ2) is 3.12. The zero-order valence-electron chi connectivity index (χ0n) is 6.39. The third kappa shape index (κ3) is 1.36. The molecular weight excluding hydrogens is 130 g/mol. The predicted octanol–water partition coefficient (Wildman–Crippen LogP) is -0.190. The molecule has 3 nitrogen and oxygen atoms in total. The van der Waals surface area contributed by atoms with Gasteiger partial charge in [0.2, 0.25) is 0 Å². The SMILES string of the molecule is CNC1C(=O)COCC1C. The van der Waals surface area contributed by atoms with E-state index in [2.05, 4.69) is 5.32 Å². The average Bonchev–Trinajstić information content (AvgIpc) is 1.88. The van der Waals surface area contributed by atoms with Gasteiger partial charge in [-0.25, -0.2) is 0 Å². The summed E-state index contributed by atoms with van der Waals surface area (Å²) >= 11 is 0. The minimum atomic E-state index is 0.00810. The number of Topliss-reactive ketones (excluding diaryl/α,β-unsaturated/α-hetero) is 1. The number of likely N-dealkylation sites (N-methyl/N-ethyl adjacent to an activating group) is 1. The molecule has 1 aliphatic heterocycles. The van der Waals surface area contributed by atoms with Crippen LogP contribution in [-0.2, 0) is 9.53 Å². The molecule has 0 spiro atoms. The predicted molar refractivity (Wildman–Crippen MR) is 37.8 cm³/mol. The van der Waals surface area contributed by atoms with Crippen LogP contribution in [0.3, 0.4) is 0 Å². The summed E-state index contributed by atoms with van der Waals surface area (Å²) in [6.07, 6.45) is 0. The maximum Gasteiger partial charge on any atom is 0.175 e. The van der Waals surface area contributed by atoms with Crippen LogP contribution in [0.15, 0.2) is 0 Å². The third-order valence-electron chi connectivity index (χ3n) is 1.85. The first-order valence-corrected chi connectivity index (χ1v) is 3.53. The number of ether oxygens (including phenoxy) is 1. The number of nitrogens with one attached hydrogen (secondary N) is 1. The Morgan fingerprint density at radius 3 is 2.80 bits per heavy atom. The van der Waals surface area contributed by atoms with Crippen molar-refractivity contribution in [3.8, 4) is 0 Å². The Kier molecular flexibility index (Phi) is 2.40. The fourth-order valence-corrected chi connectivity index (χ4v) is 1.29. The molecule has 1 rings (SSSR count). The molecule has 1 heterocycles. The lowest BCUT2D eigenvalue weighted by molar-refractivity contribution is -0.132. The zero-order chi connectivity index (χ0) is 7.56. The van der Waals surface area contributed by atoms with Gasteiger partial charge in [-0.1, -0.05) is 6.92 Å². The Bertz CT molecular complexity index is 136. The van der Waals surface area contributed by atoms with Crippen molar-refractivity contribution in [3.63, 3.8) is 0 Å². The van der Waals surface area contributed by atoms with E-state index in [1.807, 2.05) is 14.0 Å². The highest BCUT2D eigenvalue weighted by molar-refractivity contribution is 5.86. The van der Waals surface area contributed by atoms with Crippen LogP contribution in [0.25, 0.3) is 0 Å². The Morgan fingerprint density at radius 1 is 1.70 bits per heavy atom. The maximum absolute atomic E-state index is 11.0. The molecule has 0 bridgehead atoms. The summed E-state index contributed by atoms with van der Waals surface area (Å²) in [5.74, 6) is 0.479. The van der Waals surface area contributed by atoms with Crippen LogP contribution in [0.2, 0.25) is 0 Å². The van der Waals surface area contributed by atoms with E-state index in [1.165, 1.54) is 0 Å². The van der Waals surface area contributed by atoms with Gasteiger partial charge < -0.3 is 10.1 Å². The van der Waals surface area contributed by atoms with Gasteiger partial charge in [0.05, 0.1) is 12.6 Å². The van der Waals surface area contributed by atoms with Crippen LogP contribution in [0, 0.1) is 5.92 Å². The summed E-state index contributed by atoms with van der Waals surface area (Å²) in [4.78, 5) is 11.0. The van der Waals surface area contributed by atoms with Crippen LogP contribution in [0.5, 0.6) is 0 Å². The Hall–Kier alpha value is -0.410. The lowest BCUT2D eigenvalue weighted by Gasteiger charge is -2.26. The Labute approximate surface area is 60.7 Å². The molecule has 1 aliphatic rings. The quantitative estimate of drug-likeness (QED) is 0.553. The van der Waals surface area contributed by atoms with Gasteiger partial charge in [-0.15, -0.1) is 0 Å². The summed E-state index contributed by atoms with van der Waals surface area (Å²) in [6, 6.07) is 0.00810. The van der Waals surface area contributed by atoms with E-state index in [0.717, 1.165) is 0 Å². The summed E-state index contributed by atoms with van der Waals surface area (Å²) in [5, 5.41) is 2.97. The first kappa shape index (κ1) is 7.69. The monoisotopic (exact) mass is 143 g/mol. The Balaban J connectivity index is 2.53. The van der Waals surface area contributed by atoms with Gasteiger partial charge in [0.25, 0.3) is 0 Å². The topological polar surface area (TPSA) is 38.3 Å². The molecule has 0 aliphatic carbocycles. The normalized spacial score (nSPS) is 34.4. The lowest BCUT2D eigenvalue weighted by atomic mass is 9.97. The van der Waals surface area contributed by atoms with E-state index in [-0.39, 0.29) is 18.4 Å². The number of carbonyl (C=O) groups is 1. The van der Waals surface area contributed by atoms with Gasteiger partial charge in [0.15, 0.2) is 5.78 Å². The molecule has 2 atom stereocenters. The second-order valence-corrected chi connectivity index (χ2v) is 2.73. The van der Waals surface area contributed by atoms with Crippen molar-refractivity contribution in [2.24, 2.45) is 5.92 Å². The van der Waals surface area contributed by atoms with Crippen molar-refractivity contribution < 1.29 is 9.53 Å². The highest BCUT2D eigenvalue weighted by Crippen LogP contribution is 2.09. The summed E-state index contributed by atoms with van der Waals surface area (Å²) < 4.78 is 5.04. The molecule has 0 aromatic carbocycles. The molecule has 10 heavy (non-hydrogen) atoms. The minimum absolute atomic E-state index is 0.00810. The largest absolute Gasteiger partial charge is 0.373 e. The molecule has 2 unspecified atom stereocenters. The van der Waals surface area contributed by atoms with Gasteiger partial charge in [-0.2, -0.15) is 0 Å². The first-order valence-electron chi connectivity index (χ1n) is 3.53. The highest BCUT2D eigenvalue weighted by Gasteiger charge is 2.27. The molecule has 1 N–H and O–H groups in total. The smallest absolute Gasteiger partial charge is 0.175 e. The van der Waals surface area contributed by atoms with Crippen molar-refractivity contribution >= 4 is 5.78 Å². The maximum atomic E-state index is 11.0. The third-order valence-corrected chi connectivity index (χ3v) is 1.85. The number of hydrogen-bond acceptors (Lipinski definition) is 3. The summed E-state index contributed by atoms with van der Waals surface area (Å²) in [6.45, 7) is 2.98. The van der Waals surface area contributed by atoms with E-state index < -0.39 is 0 Å². The van der Waals surface area contributed by atoms with Gasteiger partial charge in [-0.05, 0) is 7.05 Å². The number of ketones is 1. The fraction of sp³-hybridized carbons (Fsp3) is 0.857. The molecular formula is C7H13NO2. The first-order chi connectivity index (χ1) is 4.75. The van der Waals surface area contributed by atoms with Gasteiger partial charge >= 0.3 is 0 Å². The van der Waals surface area contributed by atoms with Gasteiger partial charge in [0.1, 0.15) is 6.61 Å². The number of carbonyl (C=O) groups excluding carboxylic acids is 1. The van der Waals surface area contributed by atoms with Crippen molar-refractivity contribution in [2.45, 2.75) is 13.0 Å². The Morgan fingerprint density at radius 2 is 2.40 bits per heavy atom. The lowest BCUT2D eigenvalue weighted by Crippen LogP contribution is -2.47. The zero-order valence-corrected chi connectivity index (χ0v) is 6.39. The van der Waals surface area contributed by atoms with Crippen molar-refractivity contribution in [1.29, 1.82) is 0 Å². The highest BCUT2D eigenvalue weighted by atomic mass is 16.5. The van der Waals surface area contributed by atoms with Crippen molar-refractivity contribution in [1.82, 2.24) is 5.32 Å².